The molecule has 0 aliphatic rings. The number of non-ortho nitro benzene ring substituents is 1. The zero-order chi connectivity index (χ0) is 17.6. The van der Waals surface area contributed by atoms with Crippen molar-refractivity contribution in [3.63, 3.8) is 0 Å². The monoisotopic (exact) mass is 350 g/mol. The van der Waals surface area contributed by atoms with Crippen molar-refractivity contribution in [2.24, 2.45) is 0 Å². The Morgan fingerprint density at radius 1 is 1.17 bits per heavy atom. The summed E-state index contributed by atoms with van der Waals surface area (Å²) < 4.78 is 31.8. The Balaban J connectivity index is 1.90. The van der Waals surface area contributed by atoms with Gasteiger partial charge in [-0.2, -0.15) is 0 Å². The number of methoxy groups -OCH3 is 1. The predicted molar refractivity (Wildman–Crippen MR) is 89.6 cm³/mol. The molecule has 0 heterocycles. The SMILES string of the molecule is COc1ccc(CCCNS(=O)(=O)c2cccc([N+](=O)[O-])c2)cc1. The zero-order valence-electron chi connectivity index (χ0n) is 13.1. The third kappa shape index (κ3) is 4.77. The molecule has 0 aliphatic heterocycles. The van der Waals surface area contributed by atoms with Crippen molar-refractivity contribution in [3.05, 3.63) is 64.2 Å². The Labute approximate surface area is 140 Å². The number of nitrogens with zero attached hydrogens (tertiary/aromatic N) is 1. The lowest BCUT2D eigenvalue weighted by molar-refractivity contribution is -0.385. The third-order valence-electron chi connectivity index (χ3n) is 3.43. The van der Waals surface area contributed by atoms with E-state index in [1.165, 1.54) is 18.2 Å². The van der Waals surface area contributed by atoms with Crippen molar-refractivity contribution in [1.29, 1.82) is 0 Å². The van der Waals surface area contributed by atoms with Crippen LogP contribution in [-0.2, 0) is 16.4 Å². The summed E-state index contributed by atoms with van der Waals surface area (Å²) in [7, 11) is -2.16. The molecule has 0 fully saturated rings. The van der Waals surface area contributed by atoms with E-state index in [4.69, 9.17) is 4.74 Å². The quantitative estimate of drug-likeness (QED) is 0.448. The average Bonchev–Trinajstić information content (AvgIpc) is 2.59. The number of hydrogen-bond acceptors (Lipinski definition) is 5. The second kappa shape index (κ2) is 7.89. The lowest BCUT2D eigenvalue weighted by Crippen LogP contribution is -2.25. The Kier molecular flexibility index (Phi) is 5.88. The molecule has 24 heavy (non-hydrogen) atoms. The van der Waals surface area contributed by atoms with E-state index in [0.717, 1.165) is 17.4 Å². The molecule has 2 aromatic carbocycles. The summed E-state index contributed by atoms with van der Waals surface area (Å²) >= 11 is 0. The summed E-state index contributed by atoms with van der Waals surface area (Å²) in [6.07, 6.45) is 1.32. The lowest BCUT2D eigenvalue weighted by Gasteiger charge is -2.07. The number of ether oxygens (including phenoxy) is 1. The molecule has 0 spiro atoms. The standard InChI is InChI=1S/C16H18N2O5S/c1-23-15-9-7-13(8-10-15)4-3-11-17-24(21,22)16-6-2-5-14(12-16)18(19)20/h2,5-10,12,17H,3-4,11H2,1H3. The number of nitrogens with one attached hydrogen (secondary N) is 1. The summed E-state index contributed by atoms with van der Waals surface area (Å²) in [5, 5.41) is 10.7. The minimum atomic E-state index is -3.76. The van der Waals surface area contributed by atoms with Crippen LogP contribution in [0.3, 0.4) is 0 Å². The molecular formula is C16H18N2O5S. The van der Waals surface area contributed by atoms with Gasteiger partial charge in [0.15, 0.2) is 0 Å². The minimum absolute atomic E-state index is 0.110. The molecule has 0 aromatic heterocycles. The van der Waals surface area contributed by atoms with Crippen molar-refractivity contribution < 1.29 is 18.1 Å². The third-order valence-corrected chi connectivity index (χ3v) is 4.89. The van der Waals surface area contributed by atoms with Gasteiger partial charge < -0.3 is 4.74 Å². The average molecular weight is 350 g/mol. The van der Waals surface area contributed by atoms with E-state index >= 15 is 0 Å². The maximum absolute atomic E-state index is 12.2. The molecule has 0 saturated heterocycles. The van der Waals surface area contributed by atoms with Crippen LogP contribution in [0, 0.1) is 10.1 Å². The highest BCUT2D eigenvalue weighted by Crippen LogP contribution is 2.17. The van der Waals surface area contributed by atoms with Gasteiger partial charge in [-0.05, 0) is 36.6 Å². The highest BCUT2D eigenvalue weighted by atomic mass is 32.2. The maximum atomic E-state index is 12.2. The Hall–Kier alpha value is -2.45. The van der Waals surface area contributed by atoms with Gasteiger partial charge in [0.1, 0.15) is 5.75 Å². The van der Waals surface area contributed by atoms with E-state index in [1.54, 1.807) is 7.11 Å². The molecule has 1 N–H and O–H groups in total. The fraction of sp³-hybridized carbons (Fsp3) is 0.250. The van der Waals surface area contributed by atoms with Gasteiger partial charge >= 0.3 is 0 Å². The number of nitro groups is 1. The normalized spacial score (nSPS) is 11.2. The van der Waals surface area contributed by atoms with Gasteiger partial charge in [-0.25, -0.2) is 13.1 Å². The van der Waals surface area contributed by atoms with E-state index < -0.39 is 14.9 Å². The van der Waals surface area contributed by atoms with Crippen molar-refractivity contribution >= 4 is 15.7 Å². The molecule has 0 atom stereocenters. The van der Waals surface area contributed by atoms with Crippen LogP contribution in [0.1, 0.15) is 12.0 Å². The first-order chi connectivity index (χ1) is 11.4. The van der Waals surface area contributed by atoms with E-state index in [-0.39, 0.29) is 17.1 Å². The number of sulfonamides is 1. The second-order valence-corrected chi connectivity index (χ2v) is 6.87. The second-order valence-electron chi connectivity index (χ2n) is 5.10. The predicted octanol–water partition coefficient (Wildman–Crippen LogP) is 2.51. The number of hydrogen-bond donors (Lipinski definition) is 1. The summed E-state index contributed by atoms with van der Waals surface area (Å²) in [5.41, 5.74) is 0.821. The first-order valence-electron chi connectivity index (χ1n) is 7.29. The molecule has 2 rings (SSSR count). The van der Waals surface area contributed by atoms with Gasteiger partial charge in [-0.1, -0.05) is 18.2 Å². The van der Waals surface area contributed by atoms with Gasteiger partial charge in [0, 0.05) is 18.7 Å². The van der Waals surface area contributed by atoms with Crippen molar-refractivity contribution in [2.45, 2.75) is 17.7 Å². The highest BCUT2D eigenvalue weighted by Gasteiger charge is 2.16. The fourth-order valence-corrected chi connectivity index (χ4v) is 3.25. The van der Waals surface area contributed by atoms with Gasteiger partial charge in [0.25, 0.3) is 5.69 Å². The van der Waals surface area contributed by atoms with Crippen LogP contribution in [-0.4, -0.2) is 27.0 Å². The zero-order valence-corrected chi connectivity index (χ0v) is 14.0. The first kappa shape index (κ1) is 17.9. The van der Waals surface area contributed by atoms with Crippen LogP contribution >= 0.6 is 0 Å². The van der Waals surface area contributed by atoms with Gasteiger partial charge in [-0.15, -0.1) is 0 Å². The molecule has 7 nitrogen and oxygen atoms in total. The van der Waals surface area contributed by atoms with Crippen LogP contribution in [0.2, 0.25) is 0 Å². The number of rotatable bonds is 8. The number of nitro benzene ring substituents is 1. The number of benzene rings is 2. The van der Waals surface area contributed by atoms with E-state index in [0.29, 0.717) is 12.8 Å². The highest BCUT2D eigenvalue weighted by molar-refractivity contribution is 7.89. The van der Waals surface area contributed by atoms with E-state index in [2.05, 4.69) is 4.72 Å². The molecule has 0 saturated carbocycles. The van der Waals surface area contributed by atoms with Crippen LogP contribution in [0.25, 0.3) is 0 Å². The molecule has 128 valence electrons. The van der Waals surface area contributed by atoms with Crippen LogP contribution < -0.4 is 9.46 Å². The lowest BCUT2D eigenvalue weighted by atomic mass is 10.1. The summed E-state index contributed by atoms with van der Waals surface area (Å²) in [6.45, 7) is 0.247. The summed E-state index contributed by atoms with van der Waals surface area (Å²) in [5.74, 6) is 0.769. The molecule has 0 unspecified atom stereocenters. The fourth-order valence-electron chi connectivity index (χ4n) is 2.14. The number of aryl methyl sites for hydroxylation is 1. The Morgan fingerprint density at radius 3 is 2.50 bits per heavy atom. The van der Waals surface area contributed by atoms with Crippen LogP contribution in [0.5, 0.6) is 5.75 Å². The van der Waals surface area contributed by atoms with Gasteiger partial charge in [0.05, 0.1) is 16.9 Å². The molecule has 0 radical (unpaired) electrons. The van der Waals surface area contributed by atoms with Crippen LogP contribution in [0.15, 0.2) is 53.4 Å². The van der Waals surface area contributed by atoms with Crippen molar-refractivity contribution in [2.75, 3.05) is 13.7 Å². The largest absolute Gasteiger partial charge is 0.497 e. The molecule has 0 aliphatic carbocycles. The van der Waals surface area contributed by atoms with Gasteiger partial charge in [0.2, 0.25) is 10.0 Å². The molecular weight excluding hydrogens is 332 g/mol. The Morgan fingerprint density at radius 2 is 1.88 bits per heavy atom. The van der Waals surface area contributed by atoms with Crippen molar-refractivity contribution in [1.82, 2.24) is 4.72 Å². The smallest absolute Gasteiger partial charge is 0.270 e. The maximum Gasteiger partial charge on any atom is 0.270 e. The summed E-state index contributed by atoms with van der Waals surface area (Å²) in [4.78, 5) is 9.99. The van der Waals surface area contributed by atoms with Crippen molar-refractivity contribution in [3.8, 4) is 5.75 Å². The summed E-state index contributed by atoms with van der Waals surface area (Å²) in [6, 6.07) is 12.5. The minimum Gasteiger partial charge on any atom is -0.497 e. The van der Waals surface area contributed by atoms with Crippen LogP contribution in [0.4, 0.5) is 5.69 Å². The molecule has 0 bridgehead atoms. The Bertz CT molecular complexity index is 803. The van der Waals surface area contributed by atoms with Gasteiger partial charge in [-0.3, -0.25) is 10.1 Å². The van der Waals surface area contributed by atoms with E-state index in [1.807, 2.05) is 24.3 Å². The molecule has 2 aromatic rings. The van der Waals surface area contributed by atoms with E-state index in [9.17, 15) is 18.5 Å². The molecule has 8 heteroatoms. The topological polar surface area (TPSA) is 98.5 Å². The first-order valence-corrected chi connectivity index (χ1v) is 8.78. The molecule has 0 amide bonds.